The van der Waals surface area contributed by atoms with Crippen molar-refractivity contribution in [1.82, 2.24) is 25.2 Å². The van der Waals surface area contributed by atoms with E-state index in [1.807, 2.05) is 11.9 Å². The van der Waals surface area contributed by atoms with Crippen LogP contribution in [0.2, 0.25) is 0 Å². The summed E-state index contributed by atoms with van der Waals surface area (Å²) in [5, 5.41) is 10.2. The zero-order valence-corrected chi connectivity index (χ0v) is 17.3. The first kappa shape index (κ1) is 23.1. The highest BCUT2D eigenvalue weighted by Crippen LogP contribution is 2.18. The molecule has 0 saturated carbocycles. The predicted octanol–water partition coefficient (Wildman–Crippen LogP) is -1.08. The Morgan fingerprint density at radius 1 is 1.11 bits per heavy atom. The predicted molar refractivity (Wildman–Crippen MR) is 100 cm³/mol. The van der Waals surface area contributed by atoms with Gasteiger partial charge in [-0.3, -0.25) is 4.90 Å². The summed E-state index contributed by atoms with van der Waals surface area (Å²) in [5.41, 5.74) is 0.216. The van der Waals surface area contributed by atoms with Gasteiger partial charge in [-0.1, -0.05) is 5.21 Å². The molecular formula is C16H30FN5O5S. The van der Waals surface area contributed by atoms with Gasteiger partial charge in [-0.2, -0.15) is 4.39 Å². The first-order chi connectivity index (χ1) is 13.4. The van der Waals surface area contributed by atoms with Gasteiger partial charge in [-0.05, 0) is 7.05 Å². The second kappa shape index (κ2) is 11.7. The number of ether oxygens (including phenoxy) is 3. The lowest BCUT2D eigenvalue weighted by Gasteiger charge is -2.37. The summed E-state index contributed by atoms with van der Waals surface area (Å²) in [7, 11) is -1.17. The van der Waals surface area contributed by atoms with E-state index in [-0.39, 0.29) is 24.0 Å². The third-order valence-corrected chi connectivity index (χ3v) is 5.84. The highest BCUT2D eigenvalue weighted by atomic mass is 32.2. The molecule has 1 aliphatic rings. The Bertz CT molecular complexity index is 681. The Kier molecular flexibility index (Phi) is 9.68. The molecule has 0 aromatic carbocycles. The molecule has 12 heteroatoms. The Morgan fingerprint density at radius 3 is 2.32 bits per heavy atom. The van der Waals surface area contributed by atoms with E-state index in [4.69, 9.17) is 14.2 Å². The molecule has 10 nitrogen and oxygen atoms in total. The lowest BCUT2D eigenvalue weighted by atomic mass is 10.2. The van der Waals surface area contributed by atoms with E-state index in [1.165, 1.54) is 6.26 Å². The van der Waals surface area contributed by atoms with Crippen LogP contribution in [0.4, 0.5) is 4.39 Å². The molecule has 0 spiro atoms. The van der Waals surface area contributed by atoms with Crippen molar-refractivity contribution >= 4 is 9.84 Å². The van der Waals surface area contributed by atoms with E-state index in [2.05, 4.69) is 15.6 Å². The van der Waals surface area contributed by atoms with Crippen LogP contribution >= 0.6 is 0 Å². The molecule has 0 radical (unpaired) electrons. The van der Waals surface area contributed by atoms with Crippen LogP contribution in [0.3, 0.4) is 0 Å². The normalized spacial score (nSPS) is 15.8. The van der Waals surface area contributed by atoms with Gasteiger partial charge in [0.25, 0.3) is 0 Å². The number of aromatic nitrogens is 3. The summed E-state index contributed by atoms with van der Waals surface area (Å²) in [6.45, 7) is 4.94. The van der Waals surface area contributed by atoms with Gasteiger partial charge in [0.15, 0.2) is 9.84 Å². The number of sulfone groups is 1. The van der Waals surface area contributed by atoms with Gasteiger partial charge < -0.3 is 19.5 Å². The van der Waals surface area contributed by atoms with Gasteiger partial charge in [0.1, 0.15) is 5.69 Å². The Hall–Kier alpha value is -1.18. The molecule has 1 aromatic rings. The summed E-state index contributed by atoms with van der Waals surface area (Å²) in [5.74, 6) is -0.513. The molecule has 0 aliphatic carbocycles. The van der Waals surface area contributed by atoms with Gasteiger partial charge in [0.05, 0.1) is 51.4 Å². The van der Waals surface area contributed by atoms with Crippen LogP contribution in [0.1, 0.15) is 5.69 Å². The monoisotopic (exact) mass is 423 g/mol. The molecule has 0 atom stereocenters. The third kappa shape index (κ3) is 7.68. The van der Waals surface area contributed by atoms with Crippen LogP contribution in [0.25, 0.3) is 0 Å². The minimum Gasteiger partial charge on any atom is -0.378 e. The van der Waals surface area contributed by atoms with Crippen molar-refractivity contribution < 1.29 is 27.0 Å². The molecule has 28 heavy (non-hydrogen) atoms. The number of nitrogens with zero attached hydrogens (tertiary/aromatic N) is 4. The molecule has 0 bridgehead atoms. The average Bonchev–Trinajstić information content (AvgIpc) is 2.94. The fraction of sp³-hybridized carbons (Fsp3) is 0.875. The molecule has 1 N–H and O–H groups in total. The van der Waals surface area contributed by atoms with E-state index in [9.17, 15) is 12.8 Å². The van der Waals surface area contributed by atoms with Gasteiger partial charge in [-0.15, -0.1) is 5.10 Å². The maximum atomic E-state index is 14.3. The minimum atomic E-state index is -3.04. The van der Waals surface area contributed by atoms with Crippen molar-refractivity contribution in [3.8, 4) is 0 Å². The van der Waals surface area contributed by atoms with Crippen molar-refractivity contribution in [3.63, 3.8) is 0 Å². The Morgan fingerprint density at radius 2 is 1.71 bits per heavy atom. The number of hydrogen-bond acceptors (Lipinski definition) is 9. The zero-order valence-electron chi connectivity index (χ0n) is 16.5. The van der Waals surface area contributed by atoms with Crippen molar-refractivity contribution in [2.75, 3.05) is 72.6 Å². The standard InChI is InChI=1S/C16H30FN5O5S/c1-18-3-5-25-7-9-27-10-8-26-6-4-22-16(17)15(19-20-22)13-21-11-14(12-21)28(2,23)24/h14,18H,3-13H2,1-2H3. The largest absolute Gasteiger partial charge is 0.378 e. The highest BCUT2D eigenvalue weighted by Gasteiger charge is 2.35. The second-order valence-corrected chi connectivity index (χ2v) is 8.96. The van der Waals surface area contributed by atoms with Crippen molar-refractivity contribution in [2.24, 2.45) is 0 Å². The molecule has 2 rings (SSSR count). The van der Waals surface area contributed by atoms with Gasteiger partial charge >= 0.3 is 0 Å². The van der Waals surface area contributed by atoms with Gasteiger partial charge in [-0.25, -0.2) is 13.1 Å². The van der Waals surface area contributed by atoms with E-state index in [1.54, 1.807) is 0 Å². The van der Waals surface area contributed by atoms with Crippen molar-refractivity contribution in [2.45, 2.75) is 18.3 Å². The second-order valence-electron chi connectivity index (χ2n) is 6.64. The van der Waals surface area contributed by atoms with E-state index in [0.717, 1.165) is 11.2 Å². The smallest absolute Gasteiger partial charge is 0.236 e. The number of likely N-dealkylation sites (tertiary alicyclic amines) is 1. The molecule has 1 fully saturated rings. The van der Waals surface area contributed by atoms with Crippen molar-refractivity contribution in [3.05, 3.63) is 11.6 Å². The average molecular weight is 424 g/mol. The summed E-state index contributed by atoms with van der Waals surface area (Å²) >= 11 is 0. The number of nitrogens with one attached hydrogen (secondary N) is 1. The molecule has 0 amide bonds. The SMILES string of the molecule is CNCCOCCOCCOCCn1nnc(CN2CC(S(C)(=O)=O)C2)c1F. The van der Waals surface area contributed by atoms with E-state index >= 15 is 0 Å². The summed E-state index contributed by atoms with van der Waals surface area (Å²) < 4.78 is 54.3. The van der Waals surface area contributed by atoms with Crippen LogP contribution in [-0.4, -0.2) is 106 Å². The summed E-state index contributed by atoms with van der Waals surface area (Å²) in [6.07, 6.45) is 1.22. The van der Waals surface area contributed by atoms with E-state index in [0.29, 0.717) is 52.7 Å². The first-order valence-electron chi connectivity index (χ1n) is 9.28. The molecular weight excluding hydrogens is 393 g/mol. The zero-order chi connectivity index (χ0) is 20.4. The van der Waals surface area contributed by atoms with Gasteiger partial charge in [0.2, 0.25) is 5.95 Å². The minimum absolute atomic E-state index is 0.216. The fourth-order valence-electron chi connectivity index (χ4n) is 2.58. The van der Waals surface area contributed by atoms with E-state index < -0.39 is 15.8 Å². The number of rotatable bonds is 15. The molecule has 2 heterocycles. The van der Waals surface area contributed by atoms with Crippen LogP contribution in [-0.2, 0) is 37.1 Å². The Labute approximate surface area is 165 Å². The Balaban J connectivity index is 1.53. The lowest BCUT2D eigenvalue weighted by molar-refractivity contribution is 0.0130. The maximum absolute atomic E-state index is 14.3. The molecule has 0 unspecified atom stereocenters. The number of likely N-dealkylation sites (N-methyl/N-ethyl adjacent to an activating group) is 1. The van der Waals surface area contributed by atoms with Crippen LogP contribution in [0.15, 0.2) is 0 Å². The van der Waals surface area contributed by atoms with Crippen molar-refractivity contribution in [1.29, 1.82) is 0 Å². The lowest BCUT2D eigenvalue weighted by Crippen LogP contribution is -2.53. The first-order valence-corrected chi connectivity index (χ1v) is 11.2. The molecule has 1 aromatic heterocycles. The molecule has 1 aliphatic heterocycles. The van der Waals surface area contributed by atoms with Crippen LogP contribution < -0.4 is 5.32 Å². The summed E-state index contributed by atoms with van der Waals surface area (Å²) in [4.78, 5) is 1.83. The number of halogens is 1. The quantitative estimate of drug-likeness (QED) is 0.352. The highest BCUT2D eigenvalue weighted by molar-refractivity contribution is 7.91. The summed E-state index contributed by atoms with van der Waals surface area (Å²) in [6, 6.07) is 0. The third-order valence-electron chi connectivity index (χ3n) is 4.33. The fourth-order valence-corrected chi connectivity index (χ4v) is 3.54. The molecule has 1 saturated heterocycles. The van der Waals surface area contributed by atoms with Crippen LogP contribution in [0.5, 0.6) is 0 Å². The molecule has 162 valence electrons. The van der Waals surface area contributed by atoms with Crippen LogP contribution in [0, 0.1) is 5.95 Å². The maximum Gasteiger partial charge on any atom is 0.236 e. The van der Waals surface area contributed by atoms with Gasteiger partial charge in [0, 0.05) is 32.4 Å². The number of hydrogen-bond donors (Lipinski definition) is 1. The topological polar surface area (TPSA) is 108 Å².